The van der Waals surface area contributed by atoms with Gasteiger partial charge < -0.3 is 25.4 Å². The van der Waals surface area contributed by atoms with Crippen molar-refractivity contribution in [3.05, 3.63) is 36.0 Å². The molecule has 198 valence electrons. The summed E-state index contributed by atoms with van der Waals surface area (Å²) in [5.74, 6) is 1.25. The third-order valence-corrected chi connectivity index (χ3v) is 9.01. The summed E-state index contributed by atoms with van der Waals surface area (Å²) in [6.45, 7) is 5.91. The van der Waals surface area contributed by atoms with E-state index in [0.29, 0.717) is 56.4 Å². The minimum absolute atomic E-state index is 0.178. The van der Waals surface area contributed by atoms with Crippen molar-refractivity contribution in [3.8, 4) is 11.4 Å². The van der Waals surface area contributed by atoms with Gasteiger partial charge in [-0.3, -0.25) is 9.11 Å². The number of hydrogen-bond acceptors (Lipinski definition) is 8. The molecule has 1 aromatic heterocycles. The largest absolute Gasteiger partial charge is 0.394 e. The maximum absolute atomic E-state index is 12.3. The highest BCUT2D eigenvalue weighted by molar-refractivity contribution is 8.24. The fourth-order valence-electron chi connectivity index (χ4n) is 4.75. The Balaban J connectivity index is 1.66. The number of aliphatic hydroxyl groups is 1. The van der Waals surface area contributed by atoms with Gasteiger partial charge in [0.2, 0.25) is 0 Å². The number of benzene rings is 1. The Morgan fingerprint density at radius 1 is 1.14 bits per heavy atom. The first-order valence-corrected chi connectivity index (χ1v) is 14.2. The van der Waals surface area contributed by atoms with E-state index in [0.717, 1.165) is 24.2 Å². The third-order valence-electron chi connectivity index (χ3n) is 6.91. The first kappa shape index (κ1) is 26.6. The van der Waals surface area contributed by atoms with Crippen LogP contribution in [0.5, 0.6) is 0 Å². The number of aliphatic hydroxyl groups excluding tert-OH is 1. The molecule has 2 heterocycles. The number of morpholine rings is 1. The Labute approximate surface area is 213 Å². The second kappa shape index (κ2) is 10.5. The molecular formula is C25H37N5O5S. The predicted molar refractivity (Wildman–Crippen MR) is 143 cm³/mol. The van der Waals surface area contributed by atoms with E-state index in [4.69, 9.17) is 14.7 Å². The second-order valence-corrected chi connectivity index (χ2v) is 12.7. The highest BCUT2D eigenvalue weighted by atomic mass is 32.3. The fourth-order valence-corrected chi connectivity index (χ4v) is 6.31. The zero-order valence-corrected chi connectivity index (χ0v) is 22.0. The molecule has 0 radical (unpaired) electrons. The summed E-state index contributed by atoms with van der Waals surface area (Å²) in [4.78, 5) is 24.1. The normalized spacial score (nSPS) is 18.7. The first-order valence-electron chi connectivity index (χ1n) is 12.3. The molecule has 1 aromatic carbocycles. The highest BCUT2D eigenvalue weighted by Gasteiger charge is 2.46. The molecule has 2 aromatic rings. The molecule has 1 saturated heterocycles. The van der Waals surface area contributed by atoms with Gasteiger partial charge in [-0.15, -0.1) is 0 Å². The number of aromatic nitrogens is 2. The van der Waals surface area contributed by atoms with E-state index >= 15 is 0 Å². The molecule has 0 spiro atoms. The minimum Gasteiger partial charge on any atom is -0.394 e. The number of carbonyl (C=O) groups excluding carboxylic acids is 1. The topological polar surface area (TPSA) is 140 Å². The van der Waals surface area contributed by atoms with Gasteiger partial charge in [0.1, 0.15) is 10.6 Å². The van der Waals surface area contributed by atoms with E-state index in [1.165, 1.54) is 6.26 Å². The van der Waals surface area contributed by atoms with Gasteiger partial charge in [-0.05, 0) is 51.0 Å². The minimum atomic E-state index is -2.91. The van der Waals surface area contributed by atoms with Crippen LogP contribution in [-0.2, 0) is 9.48 Å². The standard InChI is InChI=1S/C25H37N5O5S/c1-24(2,17-31)29-23(32)26-19-8-6-18(7-9-19)22-27-20(25(36(3,33)34)10-4-5-11-25)16-21(28-22)30-12-14-35-15-13-30/h6-9,16,31,33-34H,4-5,10-15,17H2,1-3H3,(H2,26,29,32). The van der Waals surface area contributed by atoms with Crippen molar-refractivity contribution in [2.75, 3.05) is 49.4 Å². The fraction of sp³-hybridized carbons (Fsp3) is 0.560. The number of ether oxygens (including phenoxy) is 1. The first-order chi connectivity index (χ1) is 17.0. The SMILES string of the molecule is CC(C)(CO)NC(=O)Nc1ccc(-c2nc(N3CCOCC3)cc(C3(S(C)(O)O)CCCC3)n2)cc1. The predicted octanol–water partition coefficient (Wildman–Crippen LogP) is 4.02. The number of urea groups is 1. The van der Waals surface area contributed by atoms with Crippen LogP contribution in [0, 0.1) is 0 Å². The molecule has 1 aliphatic heterocycles. The van der Waals surface area contributed by atoms with Gasteiger partial charge in [0.15, 0.2) is 5.82 Å². The summed E-state index contributed by atoms with van der Waals surface area (Å²) >= 11 is 0. The van der Waals surface area contributed by atoms with Crippen molar-refractivity contribution in [1.82, 2.24) is 15.3 Å². The van der Waals surface area contributed by atoms with Crippen LogP contribution in [0.1, 0.15) is 45.2 Å². The van der Waals surface area contributed by atoms with E-state index in [-0.39, 0.29) is 6.61 Å². The molecule has 5 N–H and O–H groups in total. The van der Waals surface area contributed by atoms with Crippen molar-refractivity contribution >= 4 is 28.1 Å². The number of nitrogens with one attached hydrogen (secondary N) is 2. The molecule has 11 heteroatoms. The zero-order valence-electron chi connectivity index (χ0n) is 21.2. The van der Waals surface area contributed by atoms with Gasteiger partial charge in [0, 0.05) is 36.7 Å². The Bertz CT molecular complexity index is 1060. The number of hydrogen-bond donors (Lipinski definition) is 5. The lowest BCUT2D eigenvalue weighted by molar-refractivity contribution is 0.122. The summed E-state index contributed by atoms with van der Waals surface area (Å²) in [5, 5.41) is 14.8. The molecule has 0 atom stereocenters. The van der Waals surface area contributed by atoms with Crippen molar-refractivity contribution in [2.45, 2.75) is 49.8 Å². The summed E-state index contributed by atoms with van der Waals surface area (Å²) in [7, 11) is -2.91. The van der Waals surface area contributed by atoms with Crippen molar-refractivity contribution in [2.24, 2.45) is 0 Å². The third kappa shape index (κ3) is 5.76. The average Bonchev–Trinajstić information content (AvgIpc) is 3.36. The van der Waals surface area contributed by atoms with Crippen LogP contribution in [0.15, 0.2) is 30.3 Å². The number of rotatable bonds is 7. The van der Waals surface area contributed by atoms with Crippen LogP contribution in [0.25, 0.3) is 11.4 Å². The van der Waals surface area contributed by atoms with E-state index in [2.05, 4.69) is 15.5 Å². The smallest absolute Gasteiger partial charge is 0.319 e. The van der Waals surface area contributed by atoms with E-state index in [9.17, 15) is 19.0 Å². The molecule has 36 heavy (non-hydrogen) atoms. The van der Waals surface area contributed by atoms with Crippen LogP contribution >= 0.6 is 10.6 Å². The highest BCUT2D eigenvalue weighted by Crippen LogP contribution is 2.63. The van der Waals surface area contributed by atoms with Crippen LogP contribution in [-0.4, -0.2) is 74.9 Å². The molecule has 0 bridgehead atoms. The lowest BCUT2D eigenvalue weighted by Crippen LogP contribution is -2.48. The molecule has 4 rings (SSSR count). The lowest BCUT2D eigenvalue weighted by Gasteiger charge is -2.46. The van der Waals surface area contributed by atoms with Crippen molar-refractivity contribution < 1.29 is 23.7 Å². The van der Waals surface area contributed by atoms with Gasteiger partial charge in [-0.25, -0.2) is 14.8 Å². The second-order valence-electron chi connectivity index (χ2n) is 10.3. The lowest BCUT2D eigenvalue weighted by atomic mass is 10.0. The van der Waals surface area contributed by atoms with E-state index in [1.807, 2.05) is 18.2 Å². The van der Waals surface area contributed by atoms with Gasteiger partial charge in [-0.1, -0.05) is 12.8 Å². The molecule has 1 aliphatic carbocycles. The number of carbonyl (C=O) groups is 1. The number of amides is 2. The van der Waals surface area contributed by atoms with Crippen LogP contribution in [0.4, 0.5) is 16.3 Å². The molecule has 0 unspecified atom stereocenters. The maximum Gasteiger partial charge on any atom is 0.319 e. The summed E-state index contributed by atoms with van der Waals surface area (Å²) in [6.07, 6.45) is 4.72. The zero-order chi connectivity index (χ0) is 26.0. The van der Waals surface area contributed by atoms with Gasteiger partial charge in [-0.2, -0.15) is 10.6 Å². The van der Waals surface area contributed by atoms with Crippen molar-refractivity contribution in [3.63, 3.8) is 0 Å². The molecule has 2 fully saturated rings. The summed E-state index contributed by atoms with van der Waals surface area (Å²) in [5.41, 5.74) is 1.28. The van der Waals surface area contributed by atoms with Gasteiger partial charge in [0.25, 0.3) is 0 Å². The molecule has 1 saturated carbocycles. The van der Waals surface area contributed by atoms with Gasteiger partial charge in [0.05, 0.1) is 31.1 Å². The Hall–Kier alpha value is -2.44. The maximum atomic E-state index is 12.3. The Morgan fingerprint density at radius 2 is 1.78 bits per heavy atom. The number of nitrogens with zero attached hydrogens (tertiary/aromatic N) is 3. The Kier molecular flexibility index (Phi) is 7.77. The van der Waals surface area contributed by atoms with Crippen molar-refractivity contribution in [1.29, 1.82) is 0 Å². The monoisotopic (exact) mass is 519 g/mol. The quantitative estimate of drug-likeness (QED) is 0.369. The molecule has 10 nitrogen and oxygen atoms in total. The molecule has 2 amide bonds. The molecule has 2 aliphatic rings. The van der Waals surface area contributed by atoms with E-state index < -0.39 is 26.9 Å². The number of anilines is 2. The van der Waals surface area contributed by atoms with Crippen LogP contribution in [0.3, 0.4) is 0 Å². The molecular weight excluding hydrogens is 482 g/mol. The van der Waals surface area contributed by atoms with Crippen LogP contribution < -0.4 is 15.5 Å². The van der Waals surface area contributed by atoms with E-state index in [1.54, 1.807) is 26.0 Å². The summed E-state index contributed by atoms with van der Waals surface area (Å²) in [6, 6.07) is 8.71. The average molecular weight is 520 g/mol. The summed E-state index contributed by atoms with van der Waals surface area (Å²) < 4.78 is 26.5. The van der Waals surface area contributed by atoms with Gasteiger partial charge >= 0.3 is 6.03 Å². The van der Waals surface area contributed by atoms with Crippen LogP contribution in [0.2, 0.25) is 0 Å². The Morgan fingerprint density at radius 3 is 2.36 bits per heavy atom.